The van der Waals surface area contributed by atoms with Gasteiger partial charge in [0.15, 0.2) is 0 Å². The number of para-hydroxylation sites is 3. The SMILES string of the molecule is C=C/C=C(\C)n1c(=O)c2ccc3c(c4ccccc4n3-c3ccccc3)c2c2cc3c(cc21)c1ccccc1n3-c1ccc2c3ccccc3c3ccccc3c2c1. The second-order valence-electron chi connectivity index (χ2n) is 15.3. The molecule has 0 atom stereocenters. The van der Waals surface area contributed by atoms with Gasteiger partial charge in [-0.2, -0.15) is 0 Å². The molecule has 0 saturated heterocycles. The van der Waals surface area contributed by atoms with Crippen LogP contribution in [-0.2, 0) is 0 Å². The van der Waals surface area contributed by atoms with Crippen molar-refractivity contribution in [2.75, 3.05) is 0 Å². The van der Waals surface area contributed by atoms with E-state index in [0.717, 1.165) is 77.0 Å². The first-order chi connectivity index (χ1) is 28.6. The molecule has 0 N–H and O–H groups in total. The Morgan fingerprint density at radius 2 is 0.948 bits per heavy atom. The normalized spacial score (nSPS) is 12.5. The van der Waals surface area contributed by atoms with E-state index in [1.807, 2.05) is 29.7 Å². The van der Waals surface area contributed by atoms with Crippen molar-refractivity contribution in [3.8, 4) is 11.4 Å². The molecule has 0 fully saturated rings. The number of allylic oxidation sites excluding steroid dienone is 3. The largest absolute Gasteiger partial charge is 0.309 e. The van der Waals surface area contributed by atoms with Crippen molar-refractivity contribution in [2.45, 2.75) is 6.92 Å². The van der Waals surface area contributed by atoms with Crippen molar-refractivity contribution in [3.63, 3.8) is 0 Å². The van der Waals surface area contributed by atoms with Crippen LogP contribution in [0.2, 0.25) is 0 Å². The van der Waals surface area contributed by atoms with Gasteiger partial charge >= 0.3 is 0 Å². The minimum absolute atomic E-state index is 0.0479. The van der Waals surface area contributed by atoms with Crippen LogP contribution in [0.25, 0.3) is 115 Å². The fourth-order valence-electron chi connectivity index (χ4n) is 9.90. The van der Waals surface area contributed by atoms with Crippen LogP contribution in [0.5, 0.6) is 0 Å². The summed E-state index contributed by atoms with van der Waals surface area (Å²) >= 11 is 0. The topological polar surface area (TPSA) is 31.9 Å². The molecule has 12 aromatic rings. The fourth-order valence-corrected chi connectivity index (χ4v) is 9.90. The highest BCUT2D eigenvalue weighted by atomic mass is 16.1. The van der Waals surface area contributed by atoms with Crippen LogP contribution >= 0.6 is 0 Å². The van der Waals surface area contributed by atoms with Crippen LogP contribution in [0.3, 0.4) is 0 Å². The van der Waals surface area contributed by atoms with Gasteiger partial charge in [-0.3, -0.25) is 9.36 Å². The van der Waals surface area contributed by atoms with Gasteiger partial charge < -0.3 is 9.13 Å². The van der Waals surface area contributed by atoms with Gasteiger partial charge in [0.05, 0.1) is 27.6 Å². The van der Waals surface area contributed by atoms with Crippen molar-refractivity contribution in [1.82, 2.24) is 13.7 Å². The standard InChI is InChI=1S/C54H35N3O/c1-3-15-33(2)55-51-31-45-41-22-11-13-24-47(41)57(35-26-27-40-38-20-8-7-18-36(38)37-19-9-10-21-39(37)44(40)30-35)50(45)32-46(51)52-43(54(55)58)28-29-49-53(52)42-23-12-14-25-48(42)56(49)34-16-5-4-6-17-34/h3-32H,1H2,2H3/b33-15+. The molecule has 0 radical (unpaired) electrons. The predicted octanol–water partition coefficient (Wildman–Crippen LogP) is 13.9. The van der Waals surface area contributed by atoms with E-state index < -0.39 is 0 Å². The van der Waals surface area contributed by atoms with E-state index in [2.05, 4.69) is 173 Å². The van der Waals surface area contributed by atoms with Crippen molar-refractivity contribution >= 4 is 103 Å². The molecule has 272 valence electrons. The summed E-state index contributed by atoms with van der Waals surface area (Å²) in [7, 11) is 0. The zero-order valence-corrected chi connectivity index (χ0v) is 31.8. The molecular formula is C54H35N3O. The van der Waals surface area contributed by atoms with Crippen molar-refractivity contribution in [3.05, 3.63) is 199 Å². The molecule has 58 heavy (non-hydrogen) atoms. The van der Waals surface area contributed by atoms with Crippen molar-refractivity contribution in [2.24, 2.45) is 0 Å². The van der Waals surface area contributed by atoms with Crippen LogP contribution in [0.15, 0.2) is 193 Å². The lowest BCUT2D eigenvalue weighted by molar-refractivity contribution is 1.08. The second-order valence-corrected chi connectivity index (χ2v) is 15.3. The van der Waals surface area contributed by atoms with Crippen LogP contribution in [-0.4, -0.2) is 13.7 Å². The Morgan fingerprint density at radius 3 is 1.64 bits per heavy atom. The Morgan fingerprint density at radius 1 is 0.414 bits per heavy atom. The highest BCUT2D eigenvalue weighted by Crippen LogP contribution is 2.43. The summed E-state index contributed by atoms with van der Waals surface area (Å²) < 4.78 is 6.61. The van der Waals surface area contributed by atoms with Gasteiger partial charge in [-0.15, -0.1) is 0 Å². The van der Waals surface area contributed by atoms with E-state index in [1.54, 1.807) is 6.08 Å². The molecule has 0 aliphatic carbocycles. The third-order valence-corrected chi connectivity index (χ3v) is 12.3. The average Bonchev–Trinajstić information content (AvgIpc) is 3.78. The smallest absolute Gasteiger partial charge is 0.263 e. The van der Waals surface area contributed by atoms with Gasteiger partial charge in [-0.1, -0.05) is 122 Å². The molecule has 4 nitrogen and oxygen atoms in total. The Bertz CT molecular complexity index is 3810. The Labute approximate surface area is 333 Å². The number of aromatic nitrogens is 3. The summed E-state index contributed by atoms with van der Waals surface area (Å²) in [5, 5.41) is 14.5. The van der Waals surface area contributed by atoms with Gasteiger partial charge in [0.2, 0.25) is 0 Å². The van der Waals surface area contributed by atoms with Crippen molar-refractivity contribution < 1.29 is 0 Å². The molecule has 3 heterocycles. The lowest BCUT2D eigenvalue weighted by Gasteiger charge is -2.16. The summed E-state index contributed by atoms with van der Waals surface area (Å²) in [5.41, 5.74) is 8.15. The Hall–Kier alpha value is -7.69. The van der Waals surface area contributed by atoms with Crippen LogP contribution in [0.1, 0.15) is 6.92 Å². The summed E-state index contributed by atoms with van der Waals surface area (Å²) in [6.45, 7) is 5.98. The van der Waals surface area contributed by atoms with E-state index in [9.17, 15) is 4.79 Å². The molecule has 0 aliphatic heterocycles. The lowest BCUT2D eigenvalue weighted by atomic mass is 9.94. The zero-order valence-electron chi connectivity index (χ0n) is 31.8. The number of rotatable bonds is 4. The second kappa shape index (κ2) is 12.2. The van der Waals surface area contributed by atoms with E-state index in [-0.39, 0.29) is 5.56 Å². The minimum Gasteiger partial charge on any atom is -0.309 e. The molecular weight excluding hydrogens is 707 g/mol. The molecule has 12 rings (SSSR count). The summed E-state index contributed by atoms with van der Waals surface area (Å²) in [5.74, 6) is 0. The first kappa shape index (κ1) is 32.5. The number of benzene rings is 9. The molecule has 4 heteroatoms. The Balaban J connectivity index is 1.28. The maximum atomic E-state index is 14.9. The quantitative estimate of drug-likeness (QED) is 0.131. The maximum absolute atomic E-state index is 14.9. The number of fused-ring (bicyclic) bond motifs is 16. The number of pyridine rings is 1. The monoisotopic (exact) mass is 741 g/mol. The van der Waals surface area contributed by atoms with Crippen LogP contribution in [0, 0.1) is 0 Å². The molecule has 0 bridgehead atoms. The molecule has 0 unspecified atom stereocenters. The van der Waals surface area contributed by atoms with Gasteiger partial charge in [0.25, 0.3) is 5.56 Å². The van der Waals surface area contributed by atoms with Crippen molar-refractivity contribution in [1.29, 1.82) is 0 Å². The van der Waals surface area contributed by atoms with Crippen LogP contribution < -0.4 is 5.56 Å². The number of nitrogens with zero attached hydrogens (tertiary/aromatic N) is 3. The average molecular weight is 742 g/mol. The molecule has 0 amide bonds. The molecule has 0 spiro atoms. The first-order valence-electron chi connectivity index (χ1n) is 19.8. The van der Waals surface area contributed by atoms with Gasteiger partial charge in [-0.05, 0) is 106 Å². The predicted molar refractivity (Wildman–Crippen MR) is 247 cm³/mol. The zero-order chi connectivity index (χ0) is 38.6. The number of hydrogen-bond acceptors (Lipinski definition) is 1. The summed E-state index contributed by atoms with van der Waals surface area (Å²) in [6, 6.07) is 60.8. The molecule has 0 aliphatic rings. The summed E-state index contributed by atoms with van der Waals surface area (Å²) in [4.78, 5) is 14.9. The minimum atomic E-state index is -0.0479. The Kier molecular flexibility index (Phi) is 6.82. The van der Waals surface area contributed by atoms with Gasteiger partial charge in [0.1, 0.15) is 0 Å². The third kappa shape index (κ3) is 4.37. The van der Waals surface area contributed by atoms with E-state index in [0.29, 0.717) is 5.39 Å². The first-order valence-corrected chi connectivity index (χ1v) is 19.8. The molecule has 9 aromatic carbocycles. The lowest BCUT2D eigenvalue weighted by Crippen LogP contribution is -2.19. The number of hydrogen-bond donors (Lipinski definition) is 0. The maximum Gasteiger partial charge on any atom is 0.263 e. The highest BCUT2D eigenvalue weighted by Gasteiger charge is 2.23. The summed E-state index contributed by atoms with van der Waals surface area (Å²) in [6.07, 6.45) is 3.68. The van der Waals surface area contributed by atoms with E-state index in [4.69, 9.17) is 0 Å². The van der Waals surface area contributed by atoms with Gasteiger partial charge in [-0.25, -0.2) is 0 Å². The van der Waals surface area contributed by atoms with E-state index >= 15 is 0 Å². The molecule has 0 saturated carbocycles. The fraction of sp³-hybridized carbons (Fsp3) is 0.0185. The third-order valence-electron chi connectivity index (χ3n) is 12.3. The molecule has 3 aromatic heterocycles. The van der Waals surface area contributed by atoms with Crippen LogP contribution in [0.4, 0.5) is 0 Å². The van der Waals surface area contributed by atoms with E-state index in [1.165, 1.54) is 32.3 Å². The van der Waals surface area contributed by atoms with Gasteiger partial charge in [0, 0.05) is 54.8 Å². The highest BCUT2D eigenvalue weighted by molar-refractivity contribution is 6.30.